The van der Waals surface area contributed by atoms with Gasteiger partial charge in [0.15, 0.2) is 11.0 Å². The maximum absolute atomic E-state index is 12.9. The molecule has 0 saturated heterocycles. The van der Waals surface area contributed by atoms with Gasteiger partial charge in [0.1, 0.15) is 0 Å². The summed E-state index contributed by atoms with van der Waals surface area (Å²) in [6, 6.07) is 10.7. The summed E-state index contributed by atoms with van der Waals surface area (Å²) in [4.78, 5) is 25.6. The van der Waals surface area contributed by atoms with Gasteiger partial charge in [-0.15, -0.1) is 10.2 Å². The normalized spacial score (nSPS) is 12.0. The van der Waals surface area contributed by atoms with Gasteiger partial charge in [-0.3, -0.25) is 9.59 Å². The summed E-state index contributed by atoms with van der Waals surface area (Å²) in [7, 11) is 0. The van der Waals surface area contributed by atoms with Crippen molar-refractivity contribution in [3.05, 3.63) is 69.5 Å². The molecule has 0 unspecified atom stereocenters. The molecule has 1 atom stereocenters. The molecule has 186 valence electrons. The molecule has 2 N–H and O–H groups in total. The van der Waals surface area contributed by atoms with Gasteiger partial charge in [-0.05, 0) is 56.9 Å². The number of thioether (sulfide) groups is 1. The molecule has 35 heavy (non-hydrogen) atoms. The van der Waals surface area contributed by atoms with E-state index in [1.165, 1.54) is 11.8 Å². The van der Waals surface area contributed by atoms with Crippen LogP contribution in [0.4, 0.5) is 5.69 Å². The van der Waals surface area contributed by atoms with Crippen LogP contribution < -0.4 is 10.6 Å². The summed E-state index contributed by atoms with van der Waals surface area (Å²) in [6.07, 6.45) is 0. The molecule has 3 aromatic rings. The van der Waals surface area contributed by atoms with Crippen LogP contribution in [-0.4, -0.2) is 32.3 Å². The third-order valence-electron chi connectivity index (χ3n) is 5.69. The van der Waals surface area contributed by atoms with Crippen molar-refractivity contribution in [1.29, 1.82) is 0 Å². The molecule has 0 spiro atoms. The van der Waals surface area contributed by atoms with Crippen LogP contribution in [0, 0.1) is 26.7 Å². The van der Waals surface area contributed by atoms with E-state index in [9.17, 15) is 9.59 Å². The molecule has 0 saturated carbocycles. The molecule has 0 fully saturated rings. The van der Waals surface area contributed by atoms with Crippen molar-refractivity contribution in [1.82, 2.24) is 20.1 Å². The number of carbonyl (C=O) groups excluding carboxylic acids is 2. The molecular weight excluding hydrogens is 482 g/mol. The van der Waals surface area contributed by atoms with Gasteiger partial charge < -0.3 is 15.2 Å². The number of hydrogen-bond acceptors (Lipinski definition) is 5. The van der Waals surface area contributed by atoms with E-state index in [0.29, 0.717) is 28.1 Å². The van der Waals surface area contributed by atoms with Crippen molar-refractivity contribution >= 4 is 40.9 Å². The van der Waals surface area contributed by atoms with E-state index in [2.05, 4.69) is 33.0 Å². The summed E-state index contributed by atoms with van der Waals surface area (Å²) in [6.45, 7) is 12.6. The fourth-order valence-corrected chi connectivity index (χ4v) is 5.04. The lowest BCUT2D eigenvalue weighted by atomic mass is 10.0. The lowest BCUT2D eigenvalue weighted by Crippen LogP contribution is -2.34. The lowest BCUT2D eigenvalue weighted by molar-refractivity contribution is -0.113. The standard InChI is InChI=1S/C26H32ClN5O2S/c1-7-32-24(22(15(2)3)29-25(34)19-10-8-9-11-20(19)27)30-31-26(32)35-14-21(33)28-23-17(5)12-16(4)13-18(23)6/h8-13,15,22H,7,14H2,1-6H3,(H,28,33)(H,29,34)/t22-/m1/s1. The molecule has 0 aliphatic heterocycles. The van der Waals surface area contributed by atoms with Gasteiger partial charge >= 0.3 is 0 Å². The summed E-state index contributed by atoms with van der Waals surface area (Å²) in [5.41, 5.74) is 4.50. The average molecular weight is 514 g/mol. The van der Waals surface area contributed by atoms with Gasteiger partial charge in [0.2, 0.25) is 5.91 Å². The first-order chi connectivity index (χ1) is 16.6. The van der Waals surface area contributed by atoms with Crippen molar-refractivity contribution in [3.63, 3.8) is 0 Å². The van der Waals surface area contributed by atoms with Crippen molar-refractivity contribution in [2.24, 2.45) is 5.92 Å². The van der Waals surface area contributed by atoms with E-state index >= 15 is 0 Å². The lowest BCUT2D eigenvalue weighted by Gasteiger charge is -2.22. The van der Waals surface area contributed by atoms with E-state index in [-0.39, 0.29) is 29.5 Å². The summed E-state index contributed by atoms with van der Waals surface area (Å²) in [5.74, 6) is 0.533. The predicted molar refractivity (Wildman–Crippen MR) is 142 cm³/mol. The molecule has 0 bridgehead atoms. The summed E-state index contributed by atoms with van der Waals surface area (Å²) < 4.78 is 1.94. The minimum absolute atomic E-state index is 0.0598. The van der Waals surface area contributed by atoms with Crippen LogP contribution in [0.5, 0.6) is 0 Å². The minimum atomic E-state index is -0.368. The molecular formula is C26H32ClN5O2S. The van der Waals surface area contributed by atoms with Crippen LogP contribution in [0.25, 0.3) is 0 Å². The SMILES string of the molecule is CCn1c(SCC(=O)Nc2c(C)cc(C)cc2C)nnc1[C@H](NC(=O)c1ccccc1Cl)C(C)C. The Kier molecular flexibility index (Phi) is 8.97. The van der Waals surface area contributed by atoms with Crippen molar-refractivity contribution < 1.29 is 9.59 Å². The van der Waals surface area contributed by atoms with E-state index in [1.807, 2.05) is 46.1 Å². The first-order valence-electron chi connectivity index (χ1n) is 11.6. The molecule has 1 aromatic heterocycles. The fourth-order valence-electron chi connectivity index (χ4n) is 4.01. The number of anilines is 1. The molecule has 2 amide bonds. The number of aromatic nitrogens is 3. The van der Waals surface area contributed by atoms with Crippen LogP contribution in [0.2, 0.25) is 5.02 Å². The Labute approximate surface area is 216 Å². The fraction of sp³-hybridized carbons (Fsp3) is 0.385. The first kappa shape index (κ1) is 26.8. The number of aryl methyl sites for hydroxylation is 3. The van der Waals surface area contributed by atoms with Crippen molar-refractivity contribution in [2.45, 2.75) is 59.3 Å². The second kappa shape index (κ2) is 11.7. The highest BCUT2D eigenvalue weighted by molar-refractivity contribution is 7.99. The topological polar surface area (TPSA) is 88.9 Å². The largest absolute Gasteiger partial charge is 0.342 e. The number of hydrogen-bond donors (Lipinski definition) is 2. The van der Waals surface area contributed by atoms with Gasteiger partial charge in [-0.1, -0.05) is 67.0 Å². The van der Waals surface area contributed by atoms with Gasteiger partial charge in [0.05, 0.1) is 22.4 Å². The predicted octanol–water partition coefficient (Wildman–Crippen LogP) is 5.73. The Hall–Kier alpha value is -2.84. The van der Waals surface area contributed by atoms with E-state index in [1.54, 1.807) is 24.3 Å². The third-order valence-corrected chi connectivity index (χ3v) is 6.98. The van der Waals surface area contributed by atoms with E-state index in [4.69, 9.17) is 11.6 Å². The van der Waals surface area contributed by atoms with Gasteiger partial charge in [-0.25, -0.2) is 0 Å². The Bertz CT molecular complexity index is 1200. The number of nitrogens with one attached hydrogen (secondary N) is 2. The highest BCUT2D eigenvalue weighted by Gasteiger charge is 2.27. The second-order valence-corrected chi connectivity index (χ2v) is 10.2. The molecule has 3 rings (SSSR count). The number of halogens is 1. The molecule has 9 heteroatoms. The van der Waals surface area contributed by atoms with Crippen molar-refractivity contribution in [2.75, 3.05) is 11.1 Å². The minimum Gasteiger partial charge on any atom is -0.342 e. The van der Waals surface area contributed by atoms with E-state index in [0.717, 1.165) is 22.4 Å². The summed E-state index contributed by atoms with van der Waals surface area (Å²) >= 11 is 7.54. The molecule has 0 radical (unpaired) electrons. The number of amides is 2. The zero-order valence-corrected chi connectivity index (χ0v) is 22.5. The van der Waals surface area contributed by atoms with Crippen LogP contribution in [-0.2, 0) is 11.3 Å². The number of carbonyl (C=O) groups is 2. The number of nitrogens with zero attached hydrogens (tertiary/aromatic N) is 3. The zero-order valence-electron chi connectivity index (χ0n) is 21.0. The second-order valence-electron chi connectivity index (χ2n) is 8.87. The summed E-state index contributed by atoms with van der Waals surface area (Å²) in [5, 5.41) is 15.8. The smallest absolute Gasteiger partial charge is 0.253 e. The van der Waals surface area contributed by atoms with Crippen LogP contribution in [0.15, 0.2) is 41.6 Å². The maximum Gasteiger partial charge on any atom is 0.253 e. The highest BCUT2D eigenvalue weighted by Crippen LogP contribution is 2.27. The monoisotopic (exact) mass is 513 g/mol. The first-order valence-corrected chi connectivity index (χ1v) is 13.0. The average Bonchev–Trinajstić information content (AvgIpc) is 3.20. The number of rotatable bonds is 9. The van der Waals surface area contributed by atoms with Gasteiger partial charge in [0, 0.05) is 12.2 Å². The molecule has 7 nitrogen and oxygen atoms in total. The van der Waals surface area contributed by atoms with E-state index < -0.39 is 0 Å². The molecule has 1 heterocycles. The Morgan fingerprint density at radius 3 is 2.34 bits per heavy atom. The maximum atomic E-state index is 12.9. The third kappa shape index (κ3) is 6.44. The Morgan fingerprint density at radius 1 is 1.09 bits per heavy atom. The van der Waals surface area contributed by atoms with Gasteiger partial charge in [-0.2, -0.15) is 0 Å². The Morgan fingerprint density at radius 2 is 1.74 bits per heavy atom. The number of benzene rings is 2. The highest BCUT2D eigenvalue weighted by atomic mass is 35.5. The van der Waals surface area contributed by atoms with Gasteiger partial charge in [0.25, 0.3) is 5.91 Å². The Balaban J connectivity index is 1.74. The van der Waals surface area contributed by atoms with Crippen LogP contribution in [0.3, 0.4) is 0 Å². The molecule has 0 aliphatic rings. The van der Waals surface area contributed by atoms with Crippen LogP contribution in [0.1, 0.15) is 59.7 Å². The quantitative estimate of drug-likeness (QED) is 0.356. The van der Waals surface area contributed by atoms with Crippen LogP contribution >= 0.6 is 23.4 Å². The zero-order chi connectivity index (χ0) is 25.7. The molecule has 0 aliphatic carbocycles. The van der Waals surface area contributed by atoms with Crippen molar-refractivity contribution in [3.8, 4) is 0 Å². The molecule has 2 aromatic carbocycles.